The maximum atomic E-state index is 12.5. The molecule has 3 aromatic rings. The number of thiazole rings is 1. The minimum atomic E-state index is -0.0488. The van der Waals surface area contributed by atoms with E-state index >= 15 is 0 Å². The topological polar surface area (TPSA) is 54.9 Å². The third kappa shape index (κ3) is 4.31. The molecule has 128 valence electrons. The van der Waals surface area contributed by atoms with Crippen LogP contribution in [0.25, 0.3) is 11.3 Å². The van der Waals surface area contributed by atoms with Crippen LogP contribution in [-0.4, -0.2) is 15.9 Å². The van der Waals surface area contributed by atoms with Crippen molar-refractivity contribution in [3.8, 4) is 11.3 Å². The average molecular weight is 351 g/mol. The van der Waals surface area contributed by atoms with Gasteiger partial charge in [0.1, 0.15) is 0 Å². The lowest BCUT2D eigenvalue weighted by Crippen LogP contribution is -2.28. The van der Waals surface area contributed by atoms with Crippen molar-refractivity contribution in [2.24, 2.45) is 0 Å². The van der Waals surface area contributed by atoms with Crippen LogP contribution in [0.15, 0.2) is 48.8 Å². The summed E-state index contributed by atoms with van der Waals surface area (Å²) in [7, 11) is 0. The van der Waals surface area contributed by atoms with Crippen LogP contribution in [0.3, 0.4) is 0 Å². The summed E-state index contributed by atoms with van der Waals surface area (Å²) < 4.78 is 0. The van der Waals surface area contributed by atoms with Gasteiger partial charge < -0.3 is 5.32 Å². The number of nitrogens with one attached hydrogen (secondary N) is 1. The second kappa shape index (κ2) is 7.57. The van der Waals surface area contributed by atoms with E-state index in [1.54, 1.807) is 23.7 Å². The van der Waals surface area contributed by atoms with Crippen molar-refractivity contribution in [2.45, 2.75) is 33.2 Å². The zero-order chi connectivity index (χ0) is 17.8. The van der Waals surface area contributed by atoms with E-state index in [2.05, 4.69) is 46.5 Å². The number of benzene rings is 1. The molecule has 0 spiro atoms. The van der Waals surface area contributed by atoms with Crippen LogP contribution in [-0.2, 0) is 11.2 Å². The first-order valence-electron chi connectivity index (χ1n) is 8.25. The first-order chi connectivity index (χ1) is 12.0. The van der Waals surface area contributed by atoms with Crippen LogP contribution in [0.1, 0.15) is 34.0 Å². The van der Waals surface area contributed by atoms with Gasteiger partial charge in [-0.3, -0.25) is 9.78 Å². The van der Waals surface area contributed by atoms with Crippen molar-refractivity contribution in [1.82, 2.24) is 15.3 Å². The molecule has 1 N–H and O–H groups in total. The number of amides is 1. The average Bonchev–Trinajstić information content (AvgIpc) is 2.96. The first kappa shape index (κ1) is 17.3. The third-order valence-corrected chi connectivity index (χ3v) is 5.00. The van der Waals surface area contributed by atoms with Gasteiger partial charge in [0.25, 0.3) is 0 Å². The number of nitrogens with zero attached hydrogens (tertiary/aromatic N) is 2. The number of aryl methyl sites for hydroxylation is 2. The molecule has 0 saturated heterocycles. The van der Waals surface area contributed by atoms with E-state index < -0.39 is 0 Å². The van der Waals surface area contributed by atoms with E-state index in [4.69, 9.17) is 0 Å². The Kier molecular flexibility index (Phi) is 5.24. The zero-order valence-corrected chi connectivity index (χ0v) is 15.4. The summed E-state index contributed by atoms with van der Waals surface area (Å²) in [5.74, 6) is 0.00123. The first-order valence-corrected chi connectivity index (χ1v) is 9.07. The fourth-order valence-electron chi connectivity index (χ4n) is 2.70. The van der Waals surface area contributed by atoms with E-state index in [9.17, 15) is 4.79 Å². The highest BCUT2D eigenvalue weighted by atomic mass is 32.1. The smallest absolute Gasteiger partial charge is 0.225 e. The number of aromatic nitrogens is 2. The fourth-order valence-corrected chi connectivity index (χ4v) is 3.66. The predicted molar refractivity (Wildman–Crippen MR) is 102 cm³/mol. The summed E-state index contributed by atoms with van der Waals surface area (Å²) in [6.07, 6.45) is 3.81. The van der Waals surface area contributed by atoms with Gasteiger partial charge in [-0.25, -0.2) is 4.98 Å². The number of hydrogen-bond acceptors (Lipinski definition) is 4. The van der Waals surface area contributed by atoms with E-state index in [1.165, 1.54) is 5.56 Å². The molecule has 0 saturated carbocycles. The Morgan fingerprint density at radius 2 is 1.80 bits per heavy atom. The highest BCUT2D eigenvalue weighted by Crippen LogP contribution is 2.29. The molecule has 5 heteroatoms. The SMILES string of the molecule is Cc1ccc(-c2nc(C)sc2CC(=O)NC(C)c2ccncc2)cc1. The van der Waals surface area contributed by atoms with Crippen LogP contribution in [0.5, 0.6) is 0 Å². The van der Waals surface area contributed by atoms with Crippen molar-refractivity contribution in [3.05, 3.63) is 69.8 Å². The van der Waals surface area contributed by atoms with Crippen LogP contribution in [0, 0.1) is 13.8 Å². The van der Waals surface area contributed by atoms with E-state index in [0.717, 1.165) is 26.7 Å². The lowest BCUT2D eigenvalue weighted by molar-refractivity contribution is -0.121. The molecule has 0 aliphatic rings. The summed E-state index contributed by atoms with van der Waals surface area (Å²) in [6.45, 7) is 6.01. The lowest BCUT2D eigenvalue weighted by atomic mass is 10.1. The van der Waals surface area contributed by atoms with Gasteiger partial charge in [-0.1, -0.05) is 29.8 Å². The number of pyridine rings is 1. The van der Waals surface area contributed by atoms with Crippen LogP contribution in [0.4, 0.5) is 0 Å². The Morgan fingerprint density at radius 1 is 1.12 bits per heavy atom. The molecule has 2 heterocycles. The molecule has 25 heavy (non-hydrogen) atoms. The molecule has 1 aromatic carbocycles. The van der Waals surface area contributed by atoms with Crippen LogP contribution < -0.4 is 5.32 Å². The maximum absolute atomic E-state index is 12.5. The number of carbonyl (C=O) groups excluding carboxylic acids is 1. The summed E-state index contributed by atoms with van der Waals surface area (Å²) in [6, 6.07) is 12.0. The molecule has 1 atom stereocenters. The Hall–Kier alpha value is -2.53. The van der Waals surface area contributed by atoms with Crippen molar-refractivity contribution in [2.75, 3.05) is 0 Å². The van der Waals surface area contributed by atoms with Gasteiger partial charge >= 0.3 is 0 Å². The summed E-state index contributed by atoms with van der Waals surface area (Å²) in [5.41, 5.74) is 4.22. The minimum Gasteiger partial charge on any atom is -0.349 e. The Morgan fingerprint density at radius 3 is 2.48 bits per heavy atom. The van der Waals surface area contributed by atoms with Crippen molar-refractivity contribution in [3.63, 3.8) is 0 Å². The van der Waals surface area contributed by atoms with Crippen molar-refractivity contribution >= 4 is 17.2 Å². The standard InChI is InChI=1S/C20H21N3OS/c1-13-4-6-17(7-5-13)20-18(25-15(3)23-20)12-19(24)22-14(2)16-8-10-21-11-9-16/h4-11,14H,12H2,1-3H3,(H,22,24). The highest BCUT2D eigenvalue weighted by Gasteiger charge is 2.16. The summed E-state index contributed by atoms with van der Waals surface area (Å²) in [5, 5.41) is 4.03. The molecule has 0 fully saturated rings. The van der Waals surface area contributed by atoms with Gasteiger partial charge in [0, 0.05) is 22.8 Å². The van der Waals surface area contributed by atoms with Crippen LogP contribution >= 0.6 is 11.3 Å². The van der Waals surface area contributed by atoms with Gasteiger partial charge in [-0.2, -0.15) is 0 Å². The molecule has 0 aliphatic heterocycles. The monoisotopic (exact) mass is 351 g/mol. The van der Waals surface area contributed by atoms with Gasteiger partial charge in [0.15, 0.2) is 0 Å². The van der Waals surface area contributed by atoms with Gasteiger partial charge in [-0.05, 0) is 38.5 Å². The van der Waals surface area contributed by atoms with E-state index in [0.29, 0.717) is 6.42 Å². The number of rotatable bonds is 5. The fraction of sp³-hybridized carbons (Fsp3) is 0.250. The van der Waals surface area contributed by atoms with E-state index in [1.807, 2.05) is 26.0 Å². The largest absolute Gasteiger partial charge is 0.349 e. The molecule has 0 bridgehead atoms. The summed E-state index contributed by atoms with van der Waals surface area (Å²) >= 11 is 1.58. The minimum absolute atomic E-state index is 0.00123. The Labute approximate surface area is 152 Å². The van der Waals surface area contributed by atoms with Crippen LogP contribution in [0.2, 0.25) is 0 Å². The third-order valence-electron chi connectivity index (χ3n) is 4.03. The lowest BCUT2D eigenvalue weighted by Gasteiger charge is -2.14. The molecule has 4 nitrogen and oxygen atoms in total. The van der Waals surface area contributed by atoms with Gasteiger partial charge in [0.2, 0.25) is 5.91 Å². The number of carbonyl (C=O) groups is 1. The maximum Gasteiger partial charge on any atom is 0.225 e. The zero-order valence-electron chi connectivity index (χ0n) is 14.6. The normalized spacial score (nSPS) is 12.0. The molecular weight excluding hydrogens is 330 g/mol. The molecule has 3 rings (SSSR count). The number of hydrogen-bond donors (Lipinski definition) is 1. The second-order valence-electron chi connectivity index (χ2n) is 6.12. The Bertz CT molecular complexity index is 856. The van der Waals surface area contributed by atoms with Gasteiger partial charge in [-0.15, -0.1) is 11.3 Å². The van der Waals surface area contributed by atoms with E-state index in [-0.39, 0.29) is 11.9 Å². The molecule has 2 aromatic heterocycles. The second-order valence-corrected chi connectivity index (χ2v) is 7.40. The van der Waals surface area contributed by atoms with Crippen molar-refractivity contribution in [1.29, 1.82) is 0 Å². The summed E-state index contributed by atoms with van der Waals surface area (Å²) in [4.78, 5) is 22.1. The highest BCUT2D eigenvalue weighted by molar-refractivity contribution is 7.12. The molecule has 0 radical (unpaired) electrons. The predicted octanol–water partition coefficient (Wildman–Crippen LogP) is 4.24. The molecule has 0 aliphatic carbocycles. The molecule has 1 amide bonds. The molecule has 1 unspecified atom stereocenters. The molecular formula is C20H21N3OS. The quantitative estimate of drug-likeness (QED) is 0.748. The Balaban J connectivity index is 1.74. The van der Waals surface area contributed by atoms with Gasteiger partial charge in [0.05, 0.1) is 23.2 Å². The van der Waals surface area contributed by atoms with Crippen molar-refractivity contribution < 1.29 is 4.79 Å².